The summed E-state index contributed by atoms with van der Waals surface area (Å²) in [5, 5.41) is 13.4. The summed E-state index contributed by atoms with van der Waals surface area (Å²) in [6, 6.07) is 11.5. The summed E-state index contributed by atoms with van der Waals surface area (Å²) in [5.41, 5.74) is 5.07. The van der Waals surface area contributed by atoms with Gasteiger partial charge in [-0.05, 0) is 30.3 Å². The summed E-state index contributed by atoms with van der Waals surface area (Å²) in [4.78, 5) is 26.1. The number of nitrogens with one attached hydrogen (secondary N) is 1. The van der Waals surface area contributed by atoms with Crippen LogP contribution in [0.1, 0.15) is 15.9 Å². The fourth-order valence-corrected chi connectivity index (χ4v) is 3.85. The van der Waals surface area contributed by atoms with Gasteiger partial charge in [0.1, 0.15) is 17.2 Å². The van der Waals surface area contributed by atoms with Gasteiger partial charge in [-0.2, -0.15) is 3.89 Å². The predicted molar refractivity (Wildman–Crippen MR) is 122 cm³/mol. The van der Waals surface area contributed by atoms with Gasteiger partial charge in [-0.15, -0.1) is 11.3 Å². The van der Waals surface area contributed by atoms with Crippen molar-refractivity contribution in [1.29, 1.82) is 0 Å². The molecule has 3 aromatic rings. The number of hydrogen-bond acceptors (Lipinski definition) is 7. The van der Waals surface area contributed by atoms with Crippen molar-refractivity contribution in [2.45, 2.75) is 6.42 Å². The second kappa shape index (κ2) is 10.9. The van der Waals surface area contributed by atoms with Crippen LogP contribution in [0.15, 0.2) is 41.8 Å². The van der Waals surface area contributed by atoms with Crippen molar-refractivity contribution in [3.63, 3.8) is 0 Å². The number of fused-ring (bicyclic) bond motifs is 1. The summed E-state index contributed by atoms with van der Waals surface area (Å²) in [5.74, 6) is 0.875. The van der Waals surface area contributed by atoms with E-state index in [1.165, 1.54) is 22.6 Å². The number of benzene rings is 2. The van der Waals surface area contributed by atoms with E-state index in [9.17, 15) is 8.68 Å². The van der Waals surface area contributed by atoms with E-state index in [1.807, 2.05) is 5.38 Å². The maximum atomic E-state index is 12.6. The molecule has 1 aromatic heterocycles. The lowest BCUT2D eigenvalue weighted by Crippen LogP contribution is -2.75. The topological polar surface area (TPSA) is 114 Å². The standard InChI is InChI=1S/C20H19N3O3S.CHFO2S/c1-25-15-8-14(9-16(10-15)26-2)19(24)23-20-22-18(11-27-20)12-3-4-17-13(7-12)5-6-21-17;2-5-1(3)4/h3-4,7-11,21H,5-6H2,1-2H3,(H,22,23,24);(H,3,4)/p+1. The van der Waals surface area contributed by atoms with E-state index in [1.54, 1.807) is 32.4 Å². The zero-order chi connectivity index (χ0) is 23.1. The van der Waals surface area contributed by atoms with Crippen molar-refractivity contribution >= 4 is 45.5 Å². The molecule has 0 unspecified atom stereocenters. The van der Waals surface area contributed by atoms with Gasteiger partial charge < -0.3 is 19.9 Å². The third-order valence-corrected chi connectivity index (χ3v) is 5.51. The predicted octanol–water partition coefficient (Wildman–Crippen LogP) is 4.11. The molecule has 0 fully saturated rings. The number of nitrogens with zero attached hydrogens (tertiary/aromatic N) is 1. The number of thiazole rings is 1. The number of methoxy groups -OCH3 is 2. The molecule has 8 nitrogen and oxygen atoms in total. The number of carbonyl (C=O) groups is 2. The molecule has 0 aliphatic carbocycles. The molecule has 1 aliphatic heterocycles. The van der Waals surface area contributed by atoms with Crippen LogP contribution in [0, 0.1) is 0 Å². The largest absolute Gasteiger partial charge is 0.497 e. The fraction of sp³-hybridized carbons (Fsp3) is 0.190. The van der Waals surface area contributed by atoms with Crippen LogP contribution in [-0.2, 0) is 6.42 Å². The number of quaternary nitrogens is 1. The highest BCUT2D eigenvalue weighted by molar-refractivity contribution is 8.08. The Balaban J connectivity index is 0.000000523. The van der Waals surface area contributed by atoms with E-state index < -0.39 is 17.4 Å². The number of halogens is 1. The van der Waals surface area contributed by atoms with Crippen LogP contribution >= 0.6 is 23.5 Å². The highest BCUT2D eigenvalue weighted by Gasteiger charge is 2.17. The average Bonchev–Trinajstić information content (AvgIpc) is 3.47. The van der Waals surface area contributed by atoms with Crippen molar-refractivity contribution in [3.05, 3.63) is 52.9 Å². The Hall–Kier alpha value is -3.15. The summed E-state index contributed by atoms with van der Waals surface area (Å²) >= 11 is 0.703. The van der Waals surface area contributed by atoms with Crippen LogP contribution in [0.3, 0.4) is 0 Å². The van der Waals surface area contributed by atoms with E-state index in [2.05, 4.69) is 33.8 Å². The highest BCUT2D eigenvalue weighted by atomic mass is 32.2. The maximum absolute atomic E-state index is 12.6. The van der Waals surface area contributed by atoms with Crippen molar-refractivity contribution in [2.75, 3.05) is 26.1 Å². The lowest BCUT2D eigenvalue weighted by molar-refractivity contribution is -0.561. The van der Waals surface area contributed by atoms with Crippen LogP contribution in [0.2, 0.25) is 0 Å². The van der Waals surface area contributed by atoms with E-state index in [-0.39, 0.29) is 5.91 Å². The average molecular weight is 479 g/mol. The number of rotatable bonds is 5. The summed E-state index contributed by atoms with van der Waals surface area (Å²) in [7, 11) is 3.11. The van der Waals surface area contributed by atoms with Gasteiger partial charge >= 0.3 is 5.30 Å². The lowest BCUT2D eigenvalue weighted by atomic mass is 10.1. The smallest absolute Gasteiger partial charge is 0.397 e. The van der Waals surface area contributed by atoms with Crippen LogP contribution < -0.4 is 20.1 Å². The summed E-state index contributed by atoms with van der Waals surface area (Å²) in [6.45, 7) is 1.10. The molecule has 32 heavy (non-hydrogen) atoms. The molecule has 4 rings (SSSR count). The molecular formula is C21H21FN3O5S2+. The molecule has 0 spiro atoms. The number of nitrogens with two attached hydrogens (primary N) is 1. The molecule has 1 amide bonds. The Kier molecular flexibility index (Phi) is 8.03. The monoisotopic (exact) mass is 478 g/mol. The number of hydrogen-bond donors (Lipinski definition) is 3. The van der Waals surface area contributed by atoms with Crippen molar-refractivity contribution < 1.29 is 33.4 Å². The Morgan fingerprint density at radius 1 is 1.19 bits per heavy atom. The zero-order valence-corrected chi connectivity index (χ0v) is 18.9. The molecule has 11 heteroatoms. The molecule has 0 saturated heterocycles. The van der Waals surface area contributed by atoms with Crippen LogP contribution in [0.5, 0.6) is 11.5 Å². The first-order valence-electron chi connectivity index (χ1n) is 9.41. The van der Waals surface area contributed by atoms with E-state index in [4.69, 9.17) is 19.4 Å². The van der Waals surface area contributed by atoms with Gasteiger partial charge in [0.2, 0.25) is 0 Å². The van der Waals surface area contributed by atoms with Crippen LogP contribution in [0.4, 0.5) is 19.5 Å². The number of amides is 1. The van der Waals surface area contributed by atoms with E-state index >= 15 is 0 Å². The van der Waals surface area contributed by atoms with Gasteiger partial charge in [-0.3, -0.25) is 10.1 Å². The zero-order valence-electron chi connectivity index (χ0n) is 17.3. The quantitative estimate of drug-likeness (QED) is 0.473. The molecule has 0 radical (unpaired) electrons. The van der Waals surface area contributed by atoms with E-state index in [0.29, 0.717) is 22.2 Å². The molecular weight excluding hydrogens is 457 g/mol. The van der Waals surface area contributed by atoms with Gasteiger partial charge in [0.25, 0.3) is 5.91 Å². The van der Waals surface area contributed by atoms with Crippen LogP contribution in [0.25, 0.3) is 11.3 Å². The van der Waals surface area contributed by atoms with Gasteiger partial charge in [-0.25, -0.2) is 9.78 Å². The minimum atomic E-state index is -1.50. The first-order chi connectivity index (χ1) is 15.4. The normalized spacial score (nSPS) is 11.7. The lowest BCUT2D eigenvalue weighted by Gasteiger charge is -2.08. The molecule has 0 bridgehead atoms. The third-order valence-electron chi connectivity index (χ3n) is 4.62. The number of carboxylic acid groups (broad SMARTS) is 1. The second-order valence-corrected chi connectivity index (χ2v) is 7.95. The molecule has 0 saturated carbocycles. The van der Waals surface area contributed by atoms with Crippen molar-refractivity contribution in [1.82, 2.24) is 4.98 Å². The molecule has 168 valence electrons. The minimum Gasteiger partial charge on any atom is -0.497 e. The Morgan fingerprint density at radius 3 is 2.50 bits per heavy atom. The molecule has 2 aromatic carbocycles. The Morgan fingerprint density at radius 2 is 1.88 bits per heavy atom. The fourth-order valence-electron chi connectivity index (χ4n) is 3.14. The maximum Gasteiger partial charge on any atom is 0.397 e. The SMILES string of the molecule is COc1cc(OC)cc(C(=O)Nc2nc(-c3ccc4c(c3)CC[NH2+]4)cs2)c1.O=C(O)SF. The number of carbonyl (C=O) groups excluding carboxylic acids is 1. The molecule has 0 atom stereocenters. The molecule has 4 N–H and O–H groups in total. The van der Waals surface area contributed by atoms with Gasteiger partial charge in [0.15, 0.2) is 17.3 Å². The van der Waals surface area contributed by atoms with Crippen molar-refractivity contribution in [3.8, 4) is 22.8 Å². The molecule has 1 aliphatic rings. The third kappa shape index (κ3) is 5.96. The molecule has 2 heterocycles. The van der Waals surface area contributed by atoms with Gasteiger partial charge in [0.05, 0.1) is 26.5 Å². The van der Waals surface area contributed by atoms with Gasteiger partial charge in [0, 0.05) is 34.6 Å². The number of aromatic nitrogens is 1. The number of anilines is 1. The minimum absolute atomic E-state index is 0.253. The summed E-state index contributed by atoms with van der Waals surface area (Å²) < 4.78 is 20.9. The first kappa shape index (κ1) is 23.5. The second-order valence-electron chi connectivity index (χ2n) is 6.59. The Bertz CT molecular complexity index is 1100. The summed E-state index contributed by atoms with van der Waals surface area (Å²) in [6.07, 6.45) is 1.08. The van der Waals surface area contributed by atoms with Crippen LogP contribution in [-0.4, -0.2) is 42.1 Å². The Labute approximate surface area is 192 Å². The highest BCUT2D eigenvalue weighted by Crippen LogP contribution is 2.29. The number of ether oxygens (including phenoxy) is 2. The van der Waals surface area contributed by atoms with E-state index in [0.717, 1.165) is 24.2 Å². The van der Waals surface area contributed by atoms with Crippen molar-refractivity contribution in [2.24, 2.45) is 0 Å². The first-order valence-corrected chi connectivity index (χ1v) is 11.0. The van der Waals surface area contributed by atoms with Gasteiger partial charge in [-0.1, -0.05) is 0 Å².